The molecular formula is C17H16Cl3NO. The maximum atomic E-state index is 7.78. The zero-order valence-corrected chi connectivity index (χ0v) is 14.1. The van der Waals surface area contributed by atoms with Crippen LogP contribution in [0.4, 0.5) is 0 Å². The van der Waals surface area contributed by atoms with Gasteiger partial charge < -0.3 is 4.74 Å². The Morgan fingerprint density at radius 1 is 0.864 bits per heavy atom. The molecule has 0 aliphatic carbocycles. The first-order chi connectivity index (χ1) is 10.4. The molecule has 0 aliphatic rings. The molecule has 0 bridgehead atoms. The monoisotopic (exact) mass is 355 g/mol. The smallest absolute Gasteiger partial charge is 0.265 e. The largest absolute Gasteiger partial charge is 0.474 e. The number of rotatable bonds is 5. The third-order valence-electron chi connectivity index (χ3n) is 3.15. The van der Waals surface area contributed by atoms with Crippen molar-refractivity contribution in [3.63, 3.8) is 0 Å². The fourth-order valence-corrected chi connectivity index (χ4v) is 2.28. The van der Waals surface area contributed by atoms with Gasteiger partial charge in [0.15, 0.2) is 0 Å². The van der Waals surface area contributed by atoms with Crippen molar-refractivity contribution in [1.29, 1.82) is 5.41 Å². The molecule has 0 radical (unpaired) electrons. The van der Waals surface area contributed by atoms with Gasteiger partial charge in [0.05, 0.1) is 0 Å². The standard InChI is InChI=1S/C17H16Cl3NO/c18-17(19,20)16(21)22-15(11-13-7-3-1-4-8-13)12-14-9-5-2-6-10-14/h1-10,15,21H,11-12H2. The lowest BCUT2D eigenvalue weighted by atomic mass is 10.0. The van der Waals surface area contributed by atoms with Crippen molar-refractivity contribution in [2.24, 2.45) is 0 Å². The van der Waals surface area contributed by atoms with E-state index in [-0.39, 0.29) is 12.0 Å². The van der Waals surface area contributed by atoms with Crippen LogP contribution in [-0.2, 0) is 17.6 Å². The highest BCUT2D eigenvalue weighted by Gasteiger charge is 2.30. The Morgan fingerprint density at radius 3 is 1.64 bits per heavy atom. The highest BCUT2D eigenvalue weighted by atomic mass is 35.6. The lowest BCUT2D eigenvalue weighted by molar-refractivity contribution is 0.183. The van der Waals surface area contributed by atoms with Gasteiger partial charge in [-0.2, -0.15) is 0 Å². The van der Waals surface area contributed by atoms with E-state index in [4.69, 9.17) is 44.9 Å². The molecular weight excluding hydrogens is 341 g/mol. The summed E-state index contributed by atoms with van der Waals surface area (Å²) < 4.78 is 3.77. The Labute approximate surface area is 145 Å². The van der Waals surface area contributed by atoms with Crippen LogP contribution in [0.1, 0.15) is 11.1 Å². The zero-order chi connectivity index (χ0) is 16.0. The maximum absolute atomic E-state index is 7.78. The van der Waals surface area contributed by atoms with Gasteiger partial charge in [-0.25, -0.2) is 0 Å². The molecule has 0 saturated heterocycles. The van der Waals surface area contributed by atoms with Gasteiger partial charge in [0.25, 0.3) is 3.79 Å². The Kier molecular flexibility index (Phi) is 6.13. The van der Waals surface area contributed by atoms with Crippen LogP contribution in [-0.4, -0.2) is 15.8 Å². The summed E-state index contributed by atoms with van der Waals surface area (Å²) in [5.41, 5.74) is 2.22. The van der Waals surface area contributed by atoms with Gasteiger partial charge in [-0.15, -0.1) is 0 Å². The van der Waals surface area contributed by atoms with E-state index in [0.29, 0.717) is 12.8 Å². The summed E-state index contributed by atoms with van der Waals surface area (Å²) in [7, 11) is 0. The Morgan fingerprint density at radius 2 is 1.27 bits per heavy atom. The summed E-state index contributed by atoms with van der Waals surface area (Å²) in [5.74, 6) is -0.352. The molecule has 2 aromatic carbocycles. The first-order valence-corrected chi connectivity index (χ1v) is 7.99. The number of hydrogen-bond acceptors (Lipinski definition) is 2. The molecule has 2 nitrogen and oxygen atoms in total. The molecule has 0 fully saturated rings. The molecule has 0 amide bonds. The van der Waals surface area contributed by atoms with Gasteiger partial charge >= 0.3 is 0 Å². The van der Waals surface area contributed by atoms with Crippen LogP contribution in [0, 0.1) is 5.41 Å². The fraction of sp³-hybridized carbons (Fsp3) is 0.235. The molecule has 0 spiro atoms. The molecule has 22 heavy (non-hydrogen) atoms. The summed E-state index contributed by atoms with van der Waals surface area (Å²) in [6, 6.07) is 19.8. The van der Waals surface area contributed by atoms with Crippen LogP contribution in [0.25, 0.3) is 0 Å². The van der Waals surface area contributed by atoms with Crippen molar-refractivity contribution >= 4 is 40.7 Å². The van der Waals surface area contributed by atoms with Crippen LogP contribution in [0.2, 0.25) is 0 Å². The van der Waals surface area contributed by atoms with Gasteiger partial charge in [0.2, 0.25) is 5.90 Å². The third-order valence-corrected chi connectivity index (χ3v) is 3.67. The molecule has 1 N–H and O–H groups in total. The Balaban J connectivity index is 2.11. The summed E-state index contributed by atoms with van der Waals surface area (Å²) in [6.45, 7) is 0. The van der Waals surface area contributed by atoms with E-state index in [1.54, 1.807) is 0 Å². The van der Waals surface area contributed by atoms with Crippen LogP contribution in [0.15, 0.2) is 60.7 Å². The number of ether oxygens (including phenoxy) is 1. The van der Waals surface area contributed by atoms with E-state index in [1.807, 2.05) is 60.7 Å². The first kappa shape index (κ1) is 17.1. The summed E-state index contributed by atoms with van der Waals surface area (Å²) in [5, 5.41) is 7.78. The van der Waals surface area contributed by atoms with Gasteiger partial charge in [-0.05, 0) is 11.1 Å². The SMILES string of the molecule is N=C(OC(Cc1ccccc1)Cc1ccccc1)C(Cl)(Cl)Cl. The van der Waals surface area contributed by atoms with Crippen LogP contribution < -0.4 is 0 Å². The Bertz CT molecular complexity index is 555. The van der Waals surface area contributed by atoms with E-state index in [9.17, 15) is 0 Å². The minimum atomic E-state index is -1.84. The molecule has 0 heterocycles. The van der Waals surface area contributed by atoms with Crippen LogP contribution in [0.3, 0.4) is 0 Å². The fourth-order valence-electron chi connectivity index (χ4n) is 2.14. The van der Waals surface area contributed by atoms with Crippen molar-refractivity contribution in [2.45, 2.75) is 22.7 Å². The average molecular weight is 357 g/mol. The number of alkyl halides is 3. The van der Waals surface area contributed by atoms with Crippen molar-refractivity contribution in [1.82, 2.24) is 0 Å². The summed E-state index contributed by atoms with van der Waals surface area (Å²) >= 11 is 17.1. The number of benzene rings is 2. The van der Waals surface area contributed by atoms with E-state index < -0.39 is 3.79 Å². The predicted molar refractivity (Wildman–Crippen MR) is 93.2 cm³/mol. The molecule has 2 aromatic rings. The van der Waals surface area contributed by atoms with Gasteiger partial charge in [-0.3, -0.25) is 5.41 Å². The Hall–Kier alpha value is -1.22. The second kappa shape index (κ2) is 7.87. The molecule has 0 atom stereocenters. The molecule has 5 heteroatoms. The summed E-state index contributed by atoms with van der Waals surface area (Å²) in [4.78, 5) is 0. The number of halogens is 3. The minimum absolute atomic E-state index is 0.270. The maximum Gasteiger partial charge on any atom is 0.265 e. The second-order valence-electron chi connectivity index (χ2n) is 4.95. The first-order valence-electron chi connectivity index (χ1n) is 6.85. The average Bonchev–Trinajstić information content (AvgIpc) is 2.48. The molecule has 0 saturated carbocycles. The van der Waals surface area contributed by atoms with Crippen molar-refractivity contribution in [3.8, 4) is 0 Å². The summed E-state index contributed by atoms with van der Waals surface area (Å²) in [6.07, 6.45) is 1.01. The normalized spacial score (nSPS) is 11.5. The van der Waals surface area contributed by atoms with E-state index in [0.717, 1.165) is 11.1 Å². The molecule has 0 aliphatic heterocycles. The van der Waals surface area contributed by atoms with Gasteiger partial charge in [0, 0.05) is 12.8 Å². The minimum Gasteiger partial charge on any atom is -0.474 e. The zero-order valence-electron chi connectivity index (χ0n) is 11.8. The van der Waals surface area contributed by atoms with Crippen molar-refractivity contribution in [3.05, 3.63) is 71.8 Å². The predicted octanol–water partition coefficient (Wildman–Crippen LogP) is 5.20. The van der Waals surface area contributed by atoms with Gasteiger partial charge in [-0.1, -0.05) is 95.5 Å². The quantitative estimate of drug-likeness (QED) is 0.445. The van der Waals surface area contributed by atoms with Gasteiger partial charge in [0.1, 0.15) is 6.10 Å². The highest BCUT2D eigenvalue weighted by molar-refractivity contribution is 6.76. The molecule has 0 unspecified atom stereocenters. The molecule has 2 rings (SSSR count). The molecule has 116 valence electrons. The number of nitrogens with one attached hydrogen (secondary N) is 1. The van der Waals surface area contributed by atoms with E-state index >= 15 is 0 Å². The van der Waals surface area contributed by atoms with Crippen LogP contribution >= 0.6 is 34.8 Å². The third kappa shape index (κ3) is 5.53. The van der Waals surface area contributed by atoms with E-state index in [1.165, 1.54) is 0 Å². The molecule has 0 aromatic heterocycles. The lowest BCUT2D eigenvalue weighted by Gasteiger charge is -2.22. The number of hydrogen-bond donors (Lipinski definition) is 1. The highest BCUT2D eigenvalue weighted by Crippen LogP contribution is 2.29. The van der Waals surface area contributed by atoms with Crippen molar-refractivity contribution < 1.29 is 4.74 Å². The van der Waals surface area contributed by atoms with Crippen molar-refractivity contribution in [2.75, 3.05) is 0 Å². The lowest BCUT2D eigenvalue weighted by Crippen LogP contribution is -2.30. The topological polar surface area (TPSA) is 33.1 Å². The second-order valence-corrected chi connectivity index (χ2v) is 7.23. The van der Waals surface area contributed by atoms with Crippen LogP contribution in [0.5, 0.6) is 0 Å². The van der Waals surface area contributed by atoms with E-state index in [2.05, 4.69) is 0 Å².